The molecule has 4 rings (SSSR count). The number of nitrogens with one attached hydrogen (secondary N) is 1. The molecule has 1 aromatic carbocycles. The van der Waals surface area contributed by atoms with Gasteiger partial charge < -0.3 is 36.1 Å². The summed E-state index contributed by atoms with van der Waals surface area (Å²) in [5.41, 5.74) is 13.4. The van der Waals surface area contributed by atoms with Gasteiger partial charge in [-0.2, -0.15) is 0 Å². The van der Waals surface area contributed by atoms with Crippen molar-refractivity contribution in [2.75, 3.05) is 19.5 Å². The summed E-state index contributed by atoms with van der Waals surface area (Å²) in [6.45, 7) is 1.73. The lowest BCUT2D eigenvalue weighted by atomic mass is 10.0. The molecule has 5 atom stereocenters. The van der Waals surface area contributed by atoms with Crippen molar-refractivity contribution in [2.45, 2.75) is 43.9 Å². The van der Waals surface area contributed by atoms with Crippen molar-refractivity contribution >= 4 is 53.7 Å². The quantitative estimate of drug-likeness (QED) is 0.275. The van der Waals surface area contributed by atoms with Crippen molar-refractivity contribution in [1.29, 1.82) is 0 Å². The van der Waals surface area contributed by atoms with Gasteiger partial charge in [-0.05, 0) is 31.0 Å². The van der Waals surface area contributed by atoms with Gasteiger partial charge >= 0.3 is 5.97 Å². The molecule has 1 saturated heterocycles. The first-order chi connectivity index (χ1) is 16.8. The van der Waals surface area contributed by atoms with Gasteiger partial charge in [0, 0.05) is 0 Å². The van der Waals surface area contributed by atoms with Crippen LogP contribution in [0.2, 0.25) is 0 Å². The molecule has 202 valence electrons. The van der Waals surface area contributed by atoms with Gasteiger partial charge in [0.1, 0.15) is 23.7 Å². The third-order valence-corrected chi connectivity index (χ3v) is 5.71. The Balaban J connectivity index is 0.00000241. The van der Waals surface area contributed by atoms with Crippen molar-refractivity contribution in [3.05, 3.63) is 42.5 Å². The number of methoxy groups -OCH3 is 1. The number of aliphatic hydroxyl groups is 1. The predicted octanol–water partition coefficient (Wildman–Crippen LogP) is 0.137. The second-order valence-electron chi connectivity index (χ2n) is 7.97. The molecule has 0 aliphatic carbocycles. The van der Waals surface area contributed by atoms with E-state index in [0.717, 1.165) is 5.56 Å². The Bertz CT molecular complexity index is 1210. The Hall–Kier alpha value is -3.23. The molecule has 6 N–H and O–H groups in total. The summed E-state index contributed by atoms with van der Waals surface area (Å²) in [5, 5.41) is 13.7. The number of imidazole rings is 1. The van der Waals surface area contributed by atoms with Crippen molar-refractivity contribution in [2.24, 2.45) is 5.73 Å². The molecule has 0 saturated carbocycles. The topological polar surface area (TPSA) is 190 Å². The second-order valence-corrected chi connectivity index (χ2v) is 7.97. The fourth-order valence-corrected chi connectivity index (χ4v) is 3.93. The van der Waals surface area contributed by atoms with Gasteiger partial charge in [-0.25, -0.2) is 19.7 Å². The first kappa shape index (κ1) is 30.0. The minimum atomic E-state index is -1.35. The van der Waals surface area contributed by atoms with E-state index in [1.54, 1.807) is 38.3 Å². The number of carbonyl (C=O) groups excluding carboxylic acids is 2. The van der Waals surface area contributed by atoms with Crippen molar-refractivity contribution < 1.29 is 28.9 Å². The van der Waals surface area contributed by atoms with E-state index in [9.17, 15) is 14.7 Å². The van der Waals surface area contributed by atoms with Crippen LogP contribution in [0.15, 0.2) is 36.9 Å². The van der Waals surface area contributed by atoms with Crippen molar-refractivity contribution in [3.8, 4) is 5.75 Å². The van der Waals surface area contributed by atoms with Gasteiger partial charge in [-0.1, -0.05) is 12.1 Å². The Morgan fingerprint density at radius 2 is 1.92 bits per heavy atom. The summed E-state index contributed by atoms with van der Waals surface area (Å²) in [7, 11) is 1.56. The number of anilines is 1. The van der Waals surface area contributed by atoms with E-state index in [0.29, 0.717) is 16.9 Å². The molecule has 3 aromatic rings. The number of nitrogens with two attached hydrogens (primary N) is 2. The standard InChI is InChI=1S/C22H27N7O6.2ClH/c1-3-34-22(32)17-14(28-20(31)13(23)8-11-4-6-12(33-2)7-5-11)16(30)21(35-17)29-10-27-15-18(24)25-9-26-19(15)29;;/h4-7,9-10,13-14,16-17,21,30H,3,8,23H2,1-2H3,(H,28,31)(H2,24,25,26);2*1H/t13-,14-,16+,17-,21+;;/m0../s1. The maximum atomic E-state index is 12.9. The number of hydrogen-bond donors (Lipinski definition) is 4. The first-order valence-corrected chi connectivity index (χ1v) is 11.0. The fraction of sp³-hybridized carbons (Fsp3) is 0.409. The van der Waals surface area contributed by atoms with Crippen LogP contribution in [0.5, 0.6) is 5.75 Å². The number of esters is 1. The molecule has 0 unspecified atom stereocenters. The number of halogens is 2. The van der Waals surface area contributed by atoms with Gasteiger partial charge in [0.05, 0.1) is 32.1 Å². The normalized spacial score (nSPS) is 21.4. The molecular formula is C22H29Cl2N7O6. The molecule has 0 radical (unpaired) electrons. The lowest BCUT2D eigenvalue weighted by Gasteiger charge is -2.23. The van der Waals surface area contributed by atoms with Crippen LogP contribution in [0.1, 0.15) is 18.7 Å². The Labute approximate surface area is 224 Å². The van der Waals surface area contributed by atoms with Crippen LogP contribution in [0, 0.1) is 0 Å². The highest BCUT2D eigenvalue weighted by atomic mass is 35.5. The summed E-state index contributed by atoms with van der Waals surface area (Å²) >= 11 is 0. The molecule has 37 heavy (non-hydrogen) atoms. The Morgan fingerprint density at radius 3 is 2.57 bits per heavy atom. The minimum Gasteiger partial charge on any atom is -0.497 e. The number of nitrogens with zero attached hydrogens (tertiary/aromatic N) is 4. The van der Waals surface area contributed by atoms with Crippen LogP contribution in [0.4, 0.5) is 5.82 Å². The van der Waals surface area contributed by atoms with Gasteiger partial charge in [0.25, 0.3) is 0 Å². The van der Waals surface area contributed by atoms with Crippen LogP contribution in [0.3, 0.4) is 0 Å². The highest BCUT2D eigenvalue weighted by Crippen LogP contribution is 2.32. The number of aromatic nitrogens is 4. The zero-order valence-corrected chi connectivity index (χ0v) is 21.6. The molecule has 1 aliphatic rings. The molecule has 3 heterocycles. The van der Waals surface area contributed by atoms with Gasteiger partial charge in [-0.15, -0.1) is 24.8 Å². The number of amides is 1. The van der Waals surface area contributed by atoms with E-state index in [-0.39, 0.29) is 43.7 Å². The molecule has 0 spiro atoms. The molecule has 0 bridgehead atoms. The van der Waals surface area contributed by atoms with Crippen molar-refractivity contribution in [1.82, 2.24) is 24.8 Å². The first-order valence-electron chi connectivity index (χ1n) is 11.0. The average molecular weight is 558 g/mol. The van der Waals surface area contributed by atoms with Crippen LogP contribution in [-0.2, 0) is 25.5 Å². The maximum absolute atomic E-state index is 12.9. The van der Waals surface area contributed by atoms with E-state index >= 15 is 0 Å². The average Bonchev–Trinajstić information content (AvgIpc) is 3.42. The van der Waals surface area contributed by atoms with E-state index in [1.165, 1.54) is 17.2 Å². The number of aliphatic hydroxyl groups excluding tert-OH is 1. The lowest BCUT2D eigenvalue weighted by Crippen LogP contribution is -2.54. The van der Waals surface area contributed by atoms with Crippen molar-refractivity contribution in [3.63, 3.8) is 0 Å². The van der Waals surface area contributed by atoms with E-state index in [1.807, 2.05) is 0 Å². The fourth-order valence-electron chi connectivity index (χ4n) is 3.93. The summed E-state index contributed by atoms with van der Waals surface area (Å²) in [4.78, 5) is 37.7. The number of fused-ring (bicyclic) bond motifs is 1. The van der Waals surface area contributed by atoms with Gasteiger partial charge in [-0.3, -0.25) is 9.36 Å². The maximum Gasteiger partial charge on any atom is 0.337 e. The number of ether oxygens (including phenoxy) is 3. The van der Waals surface area contributed by atoms with Crippen LogP contribution in [0.25, 0.3) is 11.2 Å². The minimum absolute atomic E-state index is 0. The molecule has 1 aliphatic heterocycles. The predicted molar refractivity (Wildman–Crippen MR) is 137 cm³/mol. The van der Waals surface area contributed by atoms with Gasteiger partial charge in [0.15, 0.2) is 23.8 Å². The molecule has 1 fully saturated rings. The SMILES string of the molecule is CCOC(=O)[C@H]1O[C@@H](n2cnc3c(N)ncnc32)[C@H](O)[C@@H]1NC(=O)[C@@H](N)Cc1ccc(OC)cc1.Cl.Cl. The summed E-state index contributed by atoms with van der Waals surface area (Å²) in [5.74, 6) is -0.468. The molecule has 15 heteroatoms. The number of benzene rings is 1. The number of nitrogen functional groups attached to an aromatic ring is 1. The zero-order chi connectivity index (χ0) is 25.1. The zero-order valence-electron chi connectivity index (χ0n) is 20.0. The Kier molecular flexibility index (Phi) is 10.4. The van der Waals surface area contributed by atoms with Crippen LogP contribution >= 0.6 is 24.8 Å². The molecule has 13 nitrogen and oxygen atoms in total. The van der Waals surface area contributed by atoms with E-state index in [2.05, 4.69) is 20.3 Å². The Morgan fingerprint density at radius 1 is 1.22 bits per heavy atom. The summed E-state index contributed by atoms with van der Waals surface area (Å²) in [6, 6.07) is 5.05. The summed E-state index contributed by atoms with van der Waals surface area (Å²) in [6.07, 6.45) is -0.899. The third kappa shape index (κ3) is 6.19. The highest BCUT2D eigenvalue weighted by molar-refractivity contribution is 5.86. The number of rotatable bonds is 8. The second kappa shape index (κ2) is 12.8. The highest BCUT2D eigenvalue weighted by Gasteiger charge is 2.50. The monoisotopic (exact) mass is 557 g/mol. The van der Waals surface area contributed by atoms with E-state index in [4.69, 9.17) is 25.7 Å². The summed E-state index contributed by atoms with van der Waals surface area (Å²) < 4.78 is 17.5. The third-order valence-electron chi connectivity index (χ3n) is 5.71. The largest absolute Gasteiger partial charge is 0.497 e. The molecule has 2 aromatic heterocycles. The van der Waals surface area contributed by atoms with Crippen LogP contribution in [-0.4, -0.2) is 74.5 Å². The molecular weight excluding hydrogens is 529 g/mol. The van der Waals surface area contributed by atoms with Gasteiger partial charge in [0.2, 0.25) is 5.91 Å². The lowest BCUT2D eigenvalue weighted by molar-refractivity contribution is -0.159. The van der Waals surface area contributed by atoms with Crippen LogP contribution < -0.4 is 21.5 Å². The van der Waals surface area contributed by atoms with E-state index < -0.39 is 42.4 Å². The smallest absolute Gasteiger partial charge is 0.337 e. The number of carbonyl (C=O) groups is 2. The molecule has 1 amide bonds. The number of hydrogen-bond acceptors (Lipinski definition) is 11.